The van der Waals surface area contributed by atoms with Gasteiger partial charge in [-0.1, -0.05) is 20.3 Å². The SMILES string of the molecule is CCCC(NC)C(CC)OCCC(C)(C)OC. The fourth-order valence-corrected chi connectivity index (χ4v) is 1.90. The van der Waals surface area contributed by atoms with E-state index in [0.29, 0.717) is 12.1 Å². The van der Waals surface area contributed by atoms with Crippen LogP contribution in [0.25, 0.3) is 0 Å². The lowest BCUT2D eigenvalue weighted by Crippen LogP contribution is -2.39. The average molecular weight is 245 g/mol. The van der Waals surface area contributed by atoms with E-state index >= 15 is 0 Å². The van der Waals surface area contributed by atoms with Crippen molar-refractivity contribution in [1.29, 1.82) is 0 Å². The summed E-state index contributed by atoms with van der Waals surface area (Å²) in [4.78, 5) is 0. The fraction of sp³-hybridized carbons (Fsp3) is 1.00. The minimum Gasteiger partial charge on any atom is -0.379 e. The second kappa shape index (κ2) is 8.90. The predicted octanol–water partition coefficient (Wildman–Crippen LogP) is 2.98. The van der Waals surface area contributed by atoms with Crippen molar-refractivity contribution >= 4 is 0 Å². The predicted molar refractivity (Wildman–Crippen MR) is 73.5 cm³/mol. The molecule has 0 spiro atoms. The number of hydrogen-bond acceptors (Lipinski definition) is 3. The van der Waals surface area contributed by atoms with E-state index in [9.17, 15) is 0 Å². The molecule has 0 rings (SSSR count). The van der Waals surface area contributed by atoms with Gasteiger partial charge in [0.15, 0.2) is 0 Å². The molecule has 0 bridgehead atoms. The number of hydrogen-bond donors (Lipinski definition) is 1. The summed E-state index contributed by atoms with van der Waals surface area (Å²) in [6.07, 6.45) is 4.66. The van der Waals surface area contributed by atoms with E-state index in [2.05, 4.69) is 33.0 Å². The summed E-state index contributed by atoms with van der Waals surface area (Å²) in [6.45, 7) is 9.36. The molecule has 104 valence electrons. The Morgan fingerprint density at radius 2 is 1.88 bits per heavy atom. The Hall–Kier alpha value is -0.120. The van der Waals surface area contributed by atoms with Crippen molar-refractivity contribution in [2.24, 2.45) is 0 Å². The maximum atomic E-state index is 5.99. The zero-order valence-corrected chi connectivity index (χ0v) is 12.5. The molecule has 0 amide bonds. The van der Waals surface area contributed by atoms with E-state index in [1.165, 1.54) is 12.8 Å². The zero-order valence-electron chi connectivity index (χ0n) is 12.5. The number of likely N-dealkylation sites (N-methyl/N-ethyl adjacent to an activating group) is 1. The summed E-state index contributed by atoms with van der Waals surface area (Å²) in [5.74, 6) is 0. The van der Waals surface area contributed by atoms with E-state index < -0.39 is 0 Å². The van der Waals surface area contributed by atoms with Crippen LogP contribution in [0.15, 0.2) is 0 Å². The van der Waals surface area contributed by atoms with Crippen molar-refractivity contribution in [2.75, 3.05) is 20.8 Å². The number of nitrogens with one attached hydrogen (secondary N) is 1. The Morgan fingerprint density at radius 1 is 1.24 bits per heavy atom. The summed E-state index contributed by atoms with van der Waals surface area (Å²) in [5, 5.41) is 3.36. The monoisotopic (exact) mass is 245 g/mol. The minimum atomic E-state index is -0.0851. The average Bonchev–Trinajstić information content (AvgIpc) is 2.32. The molecule has 0 fully saturated rings. The Morgan fingerprint density at radius 3 is 2.29 bits per heavy atom. The van der Waals surface area contributed by atoms with Crippen LogP contribution >= 0.6 is 0 Å². The normalized spacial score (nSPS) is 15.9. The first kappa shape index (κ1) is 16.9. The van der Waals surface area contributed by atoms with Gasteiger partial charge in [-0.25, -0.2) is 0 Å². The highest BCUT2D eigenvalue weighted by Gasteiger charge is 2.21. The highest BCUT2D eigenvalue weighted by Crippen LogP contribution is 2.15. The van der Waals surface area contributed by atoms with Crippen LogP contribution in [0, 0.1) is 0 Å². The van der Waals surface area contributed by atoms with Crippen molar-refractivity contribution in [3.8, 4) is 0 Å². The fourth-order valence-electron chi connectivity index (χ4n) is 1.90. The molecule has 0 aliphatic rings. The van der Waals surface area contributed by atoms with Crippen molar-refractivity contribution in [2.45, 2.75) is 71.1 Å². The number of ether oxygens (including phenoxy) is 2. The summed E-state index contributed by atoms with van der Waals surface area (Å²) in [5.41, 5.74) is -0.0851. The van der Waals surface area contributed by atoms with E-state index in [0.717, 1.165) is 19.4 Å². The molecule has 0 aliphatic carbocycles. The van der Waals surface area contributed by atoms with Gasteiger partial charge in [0.1, 0.15) is 0 Å². The molecule has 0 aromatic heterocycles. The molecule has 0 aromatic rings. The molecule has 0 aromatic carbocycles. The Balaban J connectivity index is 4.04. The summed E-state index contributed by atoms with van der Waals surface area (Å²) in [6, 6.07) is 0.468. The summed E-state index contributed by atoms with van der Waals surface area (Å²) < 4.78 is 11.4. The number of rotatable bonds is 10. The highest BCUT2D eigenvalue weighted by molar-refractivity contribution is 4.75. The van der Waals surface area contributed by atoms with E-state index in [1.807, 2.05) is 7.05 Å². The molecule has 0 heterocycles. The molecular weight excluding hydrogens is 214 g/mol. The zero-order chi connectivity index (χ0) is 13.3. The van der Waals surface area contributed by atoms with E-state index in [-0.39, 0.29) is 5.60 Å². The third-order valence-electron chi connectivity index (χ3n) is 3.41. The van der Waals surface area contributed by atoms with Crippen molar-refractivity contribution < 1.29 is 9.47 Å². The smallest absolute Gasteiger partial charge is 0.0725 e. The molecule has 17 heavy (non-hydrogen) atoms. The van der Waals surface area contributed by atoms with Crippen LogP contribution in [0.4, 0.5) is 0 Å². The lowest BCUT2D eigenvalue weighted by molar-refractivity contribution is -0.0359. The first-order chi connectivity index (χ1) is 8.00. The Bertz CT molecular complexity index is 183. The van der Waals surface area contributed by atoms with Crippen LogP contribution in [-0.2, 0) is 9.47 Å². The van der Waals surface area contributed by atoms with Crippen molar-refractivity contribution in [1.82, 2.24) is 5.32 Å². The van der Waals surface area contributed by atoms with Crippen LogP contribution in [0.2, 0.25) is 0 Å². The topological polar surface area (TPSA) is 30.5 Å². The molecule has 0 aliphatic heterocycles. The molecule has 0 radical (unpaired) electrons. The second-order valence-electron chi connectivity index (χ2n) is 5.22. The van der Waals surface area contributed by atoms with Gasteiger partial charge in [0.25, 0.3) is 0 Å². The van der Waals surface area contributed by atoms with Crippen molar-refractivity contribution in [3.63, 3.8) is 0 Å². The third-order valence-corrected chi connectivity index (χ3v) is 3.41. The van der Waals surface area contributed by atoms with Gasteiger partial charge in [-0.05, 0) is 40.2 Å². The largest absolute Gasteiger partial charge is 0.379 e. The molecular formula is C14H31NO2. The molecule has 3 heteroatoms. The van der Waals surface area contributed by atoms with Gasteiger partial charge >= 0.3 is 0 Å². The molecule has 0 saturated heterocycles. The number of methoxy groups -OCH3 is 1. The van der Waals surface area contributed by atoms with Crippen LogP contribution < -0.4 is 5.32 Å². The standard InChI is InChI=1S/C14H31NO2/c1-7-9-12(15-5)13(8-2)17-11-10-14(3,4)16-6/h12-13,15H,7-11H2,1-6H3. The third kappa shape index (κ3) is 7.02. The second-order valence-corrected chi connectivity index (χ2v) is 5.22. The van der Waals surface area contributed by atoms with Gasteiger partial charge in [0.2, 0.25) is 0 Å². The minimum absolute atomic E-state index is 0.0851. The Kier molecular flexibility index (Phi) is 8.83. The van der Waals surface area contributed by atoms with Crippen LogP contribution in [0.5, 0.6) is 0 Å². The maximum absolute atomic E-state index is 5.99. The first-order valence-corrected chi connectivity index (χ1v) is 6.84. The first-order valence-electron chi connectivity index (χ1n) is 6.84. The molecule has 2 unspecified atom stereocenters. The van der Waals surface area contributed by atoms with E-state index in [1.54, 1.807) is 7.11 Å². The van der Waals surface area contributed by atoms with Gasteiger partial charge < -0.3 is 14.8 Å². The van der Waals surface area contributed by atoms with Gasteiger partial charge in [0.05, 0.1) is 11.7 Å². The van der Waals surface area contributed by atoms with Gasteiger partial charge in [-0.3, -0.25) is 0 Å². The van der Waals surface area contributed by atoms with Crippen molar-refractivity contribution in [3.05, 3.63) is 0 Å². The highest BCUT2D eigenvalue weighted by atomic mass is 16.5. The molecule has 3 nitrogen and oxygen atoms in total. The molecule has 2 atom stereocenters. The quantitative estimate of drug-likeness (QED) is 0.642. The maximum Gasteiger partial charge on any atom is 0.0725 e. The molecule has 0 saturated carbocycles. The van der Waals surface area contributed by atoms with Crippen LogP contribution in [-0.4, -0.2) is 38.5 Å². The lowest BCUT2D eigenvalue weighted by atomic mass is 10.0. The summed E-state index contributed by atoms with van der Waals surface area (Å²) >= 11 is 0. The summed E-state index contributed by atoms with van der Waals surface area (Å²) in [7, 11) is 3.77. The molecule has 1 N–H and O–H groups in total. The van der Waals surface area contributed by atoms with E-state index in [4.69, 9.17) is 9.47 Å². The van der Waals surface area contributed by atoms with Gasteiger partial charge in [0, 0.05) is 19.8 Å². The van der Waals surface area contributed by atoms with Crippen LogP contribution in [0.3, 0.4) is 0 Å². The lowest BCUT2D eigenvalue weighted by Gasteiger charge is -2.28. The van der Waals surface area contributed by atoms with Gasteiger partial charge in [-0.15, -0.1) is 0 Å². The van der Waals surface area contributed by atoms with Gasteiger partial charge in [-0.2, -0.15) is 0 Å². The van der Waals surface area contributed by atoms with Crippen LogP contribution in [0.1, 0.15) is 53.4 Å². The Labute approximate surface area is 107 Å².